The van der Waals surface area contributed by atoms with Gasteiger partial charge in [-0.05, 0) is 29.7 Å². The predicted molar refractivity (Wildman–Crippen MR) is 90.3 cm³/mol. The molecule has 0 aromatic heterocycles. The average molecular weight is 335 g/mol. The number of benzene rings is 2. The number of amides is 1. The lowest BCUT2D eigenvalue weighted by atomic mass is 10.1. The molecule has 0 heterocycles. The lowest BCUT2D eigenvalue weighted by molar-refractivity contribution is -0.120. The number of halogens is 2. The number of carbonyl (C=O) groups is 1. The molecule has 0 saturated heterocycles. The fraction of sp³-hybridized carbons (Fsp3) is 0.278. The Hall–Kier alpha value is -1.88. The largest absolute Gasteiger partial charge is 0.355 e. The van der Waals surface area contributed by atoms with Gasteiger partial charge in [0.25, 0.3) is 0 Å². The molecule has 0 bridgehead atoms. The third kappa shape index (κ3) is 6.02. The molecule has 2 aromatic carbocycles. The van der Waals surface area contributed by atoms with Gasteiger partial charge in [-0.15, -0.1) is 0 Å². The number of hydrogen-bond acceptors (Lipinski definition) is 2. The lowest BCUT2D eigenvalue weighted by Crippen LogP contribution is -2.26. The van der Waals surface area contributed by atoms with E-state index in [9.17, 15) is 13.6 Å². The van der Waals surface area contributed by atoms with Crippen LogP contribution in [0.5, 0.6) is 0 Å². The molecule has 1 N–H and O–H groups in total. The third-order valence-electron chi connectivity index (χ3n) is 3.36. The minimum absolute atomic E-state index is 0.0975. The number of aryl methyl sites for hydroxylation is 1. The van der Waals surface area contributed by atoms with E-state index in [1.54, 1.807) is 42.1 Å². The zero-order valence-corrected chi connectivity index (χ0v) is 13.5. The van der Waals surface area contributed by atoms with Crippen molar-refractivity contribution in [3.05, 3.63) is 71.3 Å². The molecule has 0 aliphatic heterocycles. The summed E-state index contributed by atoms with van der Waals surface area (Å²) in [5, 5.41) is 2.80. The number of rotatable bonds is 8. The van der Waals surface area contributed by atoms with Crippen molar-refractivity contribution < 1.29 is 13.6 Å². The summed E-state index contributed by atoms with van der Waals surface area (Å²) in [7, 11) is 0. The second-order valence-electron chi connectivity index (χ2n) is 5.09. The number of hydrogen-bond donors (Lipinski definition) is 1. The summed E-state index contributed by atoms with van der Waals surface area (Å²) in [6.45, 7) is 0.523. The van der Waals surface area contributed by atoms with Gasteiger partial charge in [0.15, 0.2) is 0 Å². The molecule has 2 aromatic rings. The Balaban J connectivity index is 1.60. The molecule has 0 unspecified atom stereocenters. The van der Waals surface area contributed by atoms with Crippen molar-refractivity contribution in [1.29, 1.82) is 0 Å². The van der Waals surface area contributed by atoms with Gasteiger partial charge in [-0.3, -0.25) is 4.79 Å². The quantitative estimate of drug-likeness (QED) is 0.740. The molecule has 0 spiro atoms. The molecule has 2 nitrogen and oxygen atoms in total. The van der Waals surface area contributed by atoms with Crippen molar-refractivity contribution in [2.24, 2.45) is 0 Å². The maximum Gasteiger partial charge on any atom is 0.220 e. The van der Waals surface area contributed by atoms with Crippen LogP contribution in [0.4, 0.5) is 8.78 Å². The number of nitrogens with one attached hydrogen (secondary N) is 1. The molecular formula is C18H19F2NOS. The summed E-state index contributed by atoms with van der Waals surface area (Å²) in [5.74, 6) is 0.715. The van der Waals surface area contributed by atoms with Crippen molar-refractivity contribution in [2.75, 3.05) is 12.3 Å². The maximum atomic E-state index is 13.4. The fourth-order valence-corrected chi connectivity index (χ4v) is 2.94. The van der Waals surface area contributed by atoms with E-state index >= 15 is 0 Å². The molecule has 0 fully saturated rings. The topological polar surface area (TPSA) is 29.1 Å². The van der Waals surface area contributed by atoms with Crippen molar-refractivity contribution in [3.63, 3.8) is 0 Å². The van der Waals surface area contributed by atoms with Crippen molar-refractivity contribution in [2.45, 2.75) is 18.6 Å². The molecule has 0 radical (unpaired) electrons. The number of carbonyl (C=O) groups excluding carboxylic acids is 1. The smallest absolute Gasteiger partial charge is 0.220 e. The molecule has 5 heteroatoms. The van der Waals surface area contributed by atoms with E-state index < -0.39 is 0 Å². The first kappa shape index (κ1) is 17.5. The van der Waals surface area contributed by atoms with Gasteiger partial charge in [-0.1, -0.05) is 36.4 Å². The second kappa shape index (κ2) is 9.30. The van der Waals surface area contributed by atoms with E-state index in [-0.39, 0.29) is 24.0 Å². The second-order valence-corrected chi connectivity index (χ2v) is 6.19. The third-order valence-corrected chi connectivity index (χ3v) is 4.37. The van der Waals surface area contributed by atoms with Crippen LogP contribution in [-0.4, -0.2) is 18.2 Å². The summed E-state index contributed by atoms with van der Waals surface area (Å²) in [5.41, 5.74) is 1.22. The van der Waals surface area contributed by atoms with Crippen LogP contribution in [0, 0.1) is 11.6 Å². The Kier molecular flexibility index (Phi) is 7.07. The molecule has 2 rings (SSSR count). The first-order chi connectivity index (χ1) is 11.2. The highest BCUT2D eigenvalue weighted by atomic mass is 32.2. The first-order valence-electron chi connectivity index (χ1n) is 7.48. The van der Waals surface area contributed by atoms with Crippen LogP contribution in [0.25, 0.3) is 0 Å². The van der Waals surface area contributed by atoms with Gasteiger partial charge in [0.2, 0.25) is 5.91 Å². The minimum atomic E-state index is -0.277. The normalized spacial score (nSPS) is 10.5. The van der Waals surface area contributed by atoms with E-state index in [1.165, 1.54) is 12.1 Å². The van der Waals surface area contributed by atoms with Gasteiger partial charge in [0.05, 0.1) is 0 Å². The van der Waals surface area contributed by atoms with Crippen LogP contribution in [0.2, 0.25) is 0 Å². The van der Waals surface area contributed by atoms with Crippen LogP contribution >= 0.6 is 11.8 Å². The summed E-state index contributed by atoms with van der Waals surface area (Å²) in [6, 6.07) is 13.2. The van der Waals surface area contributed by atoms with Gasteiger partial charge >= 0.3 is 0 Å². The Morgan fingerprint density at radius 1 is 0.957 bits per heavy atom. The SMILES string of the molecule is O=C(CCc1ccccc1F)NCCSCc1ccccc1F. The standard InChI is InChI=1S/C18H19F2NOS/c19-16-7-3-1-5-14(16)9-10-18(22)21-11-12-23-13-15-6-2-4-8-17(15)20/h1-8H,9-13H2,(H,21,22). The molecule has 0 saturated carbocycles. The molecule has 23 heavy (non-hydrogen) atoms. The van der Waals surface area contributed by atoms with E-state index in [2.05, 4.69) is 5.32 Å². The van der Waals surface area contributed by atoms with Crippen LogP contribution in [0.15, 0.2) is 48.5 Å². The minimum Gasteiger partial charge on any atom is -0.355 e. The Labute approximate surface area is 139 Å². The molecular weight excluding hydrogens is 316 g/mol. The highest BCUT2D eigenvalue weighted by Gasteiger charge is 2.05. The Morgan fingerprint density at radius 3 is 2.22 bits per heavy atom. The van der Waals surface area contributed by atoms with Gasteiger partial charge in [-0.25, -0.2) is 8.78 Å². The summed E-state index contributed by atoms with van der Waals surface area (Å²) < 4.78 is 26.8. The van der Waals surface area contributed by atoms with E-state index in [0.717, 1.165) is 0 Å². The summed E-state index contributed by atoms with van der Waals surface area (Å²) in [6.07, 6.45) is 0.653. The van der Waals surface area contributed by atoms with Crippen molar-refractivity contribution in [1.82, 2.24) is 5.32 Å². The summed E-state index contributed by atoms with van der Waals surface area (Å²) >= 11 is 1.56. The first-order valence-corrected chi connectivity index (χ1v) is 8.63. The molecule has 0 aliphatic carbocycles. The van der Waals surface area contributed by atoms with Crippen LogP contribution in [-0.2, 0) is 17.0 Å². The van der Waals surface area contributed by atoms with Gasteiger partial charge in [0, 0.05) is 24.5 Å². The monoisotopic (exact) mass is 335 g/mol. The number of thioether (sulfide) groups is 1. The Morgan fingerprint density at radius 2 is 1.57 bits per heavy atom. The highest BCUT2D eigenvalue weighted by Crippen LogP contribution is 2.14. The predicted octanol–water partition coefficient (Wildman–Crippen LogP) is 3.95. The van der Waals surface area contributed by atoms with E-state index in [4.69, 9.17) is 0 Å². The maximum absolute atomic E-state index is 13.4. The highest BCUT2D eigenvalue weighted by molar-refractivity contribution is 7.98. The average Bonchev–Trinajstić information content (AvgIpc) is 2.55. The van der Waals surface area contributed by atoms with Crippen molar-refractivity contribution in [3.8, 4) is 0 Å². The zero-order chi connectivity index (χ0) is 16.5. The molecule has 1 amide bonds. The molecule has 122 valence electrons. The summed E-state index contributed by atoms with van der Waals surface area (Å²) in [4.78, 5) is 11.7. The van der Waals surface area contributed by atoms with E-state index in [0.29, 0.717) is 35.6 Å². The zero-order valence-electron chi connectivity index (χ0n) is 12.7. The van der Waals surface area contributed by atoms with Crippen LogP contribution in [0.1, 0.15) is 17.5 Å². The van der Waals surface area contributed by atoms with E-state index in [1.807, 2.05) is 6.07 Å². The fourth-order valence-electron chi connectivity index (χ4n) is 2.10. The van der Waals surface area contributed by atoms with Gasteiger partial charge in [-0.2, -0.15) is 11.8 Å². The van der Waals surface area contributed by atoms with Crippen LogP contribution in [0.3, 0.4) is 0 Å². The molecule has 0 aliphatic rings. The lowest BCUT2D eigenvalue weighted by Gasteiger charge is -2.06. The van der Waals surface area contributed by atoms with Crippen LogP contribution < -0.4 is 5.32 Å². The van der Waals surface area contributed by atoms with Gasteiger partial charge in [0.1, 0.15) is 11.6 Å². The van der Waals surface area contributed by atoms with Crippen molar-refractivity contribution >= 4 is 17.7 Å². The Bertz CT molecular complexity index is 648. The molecule has 0 atom stereocenters. The van der Waals surface area contributed by atoms with Gasteiger partial charge < -0.3 is 5.32 Å².